The summed E-state index contributed by atoms with van der Waals surface area (Å²) in [6.07, 6.45) is 0.327. The van der Waals surface area contributed by atoms with Crippen LogP contribution in [0.1, 0.15) is 25.0 Å². The Hall–Kier alpha value is -0.770. The van der Waals surface area contributed by atoms with Gasteiger partial charge in [-0.1, -0.05) is 11.6 Å². The molecule has 4 heteroatoms. The van der Waals surface area contributed by atoms with Crippen LogP contribution in [0.3, 0.4) is 0 Å². The molecule has 0 spiro atoms. The lowest BCUT2D eigenvalue weighted by Gasteiger charge is -2.23. The number of ether oxygens (including phenoxy) is 2. The van der Waals surface area contributed by atoms with Crippen LogP contribution in [0.4, 0.5) is 0 Å². The summed E-state index contributed by atoms with van der Waals surface area (Å²) in [7, 11) is 1.59. The van der Waals surface area contributed by atoms with Gasteiger partial charge in [-0.3, -0.25) is 0 Å². The molecule has 0 saturated carbocycles. The van der Waals surface area contributed by atoms with Crippen molar-refractivity contribution in [3.8, 4) is 5.75 Å². The average molecular weight is 257 g/mol. The van der Waals surface area contributed by atoms with Crippen LogP contribution in [0.2, 0.25) is 5.02 Å². The maximum atomic E-state index is 10.4. The van der Waals surface area contributed by atoms with Gasteiger partial charge in [0.15, 0.2) is 0 Å². The van der Waals surface area contributed by atoms with Gasteiger partial charge < -0.3 is 14.6 Å². The highest BCUT2D eigenvalue weighted by atomic mass is 35.5. The Labute approximate surface area is 106 Å². The highest BCUT2D eigenvalue weighted by Gasteiger charge is 2.33. The van der Waals surface area contributed by atoms with Crippen LogP contribution in [0.15, 0.2) is 18.2 Å². The minimum atomic E-state index is -0.596. The van der Waals surface area contributed by atoms with Gasteiger partial charge in [-0.2, -0.15) is 0 Å². The monoisotopic (exact) mass is 256 g/mol. The number of halogens is 1. The van der Waals surface area contributed by atoms with E-state index in [-0.39, 0.29) is 12.0 Å². The van der Waals surface area contributed by atoms with E-state index in [9.17, 15) is 5.11 Å². The summed E-state index contributed by atoms with van der Waals surface area (Å²) in [5.74, 6) is 0.767. The summed E-state index contributed by atoms with van der Waals surface area (Å²) in [6.45, 7) is 2.68. The minimum absolute atomic E-state index is 0.0636. The molecular weight excluding hydrogens is 240 g/mol. The second-order valence-electron chi connectivity index (χ2n) is 4.36. The van der Waals surface area contributed by atoms with Crippen molar-refractivity contribution in [3.05, 3.63) is 28.8 Å². The van der Waals surface area contributed by atoms with Gasteiger partial charge in [0.1, 0.15) is 5.75 Å². The highest BCUT2D eigenvalue weighted by molar-refractivity contribution is 6.30. The molecule has 1 aliphatic heterocycles. The summed E-state index contributed by atoms with van der Waals surface area (Å²) >= 11 is 5.96. The fourth-order valence-corrected chi connectivity index (χ4v) is 2.51. The zero-order chi connectivity index (χ0) is 12.4. The third kappa shape index (κ3) is 2.57. The first-order valence-electron chi connectivity index (χ1n) is 5.76. The molecule has 3 nitrogen and oxygen atoms in total. The minimum Gasteiger partial charge on any atom is -0.496 e. The number of methoxy groups -OCH3 is 1. The summed E-state index contributed by atoms with van der Waals surface area (Å²) in [6, 6.07) is 5.29. The highest BCUT2D eigenvalue weighted by Crippen LogP contribution is 2.38. The normalized spacial score (nSPS) is 25.9. The lowest BCUT2D eigenvalue weighted by Crippen LogP contribution is -2.20. The molecule has 1 N–H and O–H groups in total. The van der Waals surface area contributed by atoms with Crippen molar-refractivity contribution in [2.45, 2.75) is 25.6 Å². The van der Waals surface area contributed by atoms with Gasteiger partial charge in [-0.15, -0.1) is 0 Å². The van der Waals surface area contributed by atoms with Gasteiger partial charge in [0.25, 0.3) is 0 Å². The summed E-state index contributed by atoms with van der Waals surface area (Å²) < 4.78 is 10.7. The zero-order valence-electron chi connectivity index (χ0n) is 10.0. The number of rotatable bonds is 3. The molecule has 1 aromatic rings. The molecule has 0 aromatic heterocycles. The molecule has 3 unspecified atom stereocenters. The Kier molecular flexibility index (Phi) is 3.92. The Balaban J connectivity index is 2.28. The van der Waals surface area contributed by atoms with Crippen LogP contribution in [-0.4, -0.2) is 24.9 Å². The van der Waals surface area contributed by atoms with Gasteiger partial charge in [0.2, 0.25) is 0 Å². The van der Waals surface area contributed by atoms with E-state index in [1.54, 1.807) is 25.3 Å². The Morgan fingerprint density at radius 3 is 2.88 bits per heavy atom. The van der Waals surface area contributed by atoms with Gasteiger partial charge in [-0.05, 0) is 31.5 Å². The maximum absolute atomic E-state index is 10.4. The molecule has 0 radical (unpaired) electrons. The molecule has 0 aliphatic carbocycles. The van der Waals surface area contributed by atoms with Crippen LogP contribution in [0, 0.1) is 5.92 Å². The molecule has 17 heavy (non-hydrogen) atoms. The molecule has 1 heterocycles. The van der Waals surface area contributed by atoms with Crippen molar-refractivity contribution < 1.29 is 14.6 Å². The summed E-state index contributed by atoms with van der Waals surface area (Å²) in [4.78, 5) is 0. The number of aliphatic hydroxyl groups excluding tert-OH is 1. The fraction of sp³-hybridized carbons (Fsp3) is 0.538. The van der Waals surface area contributed by atoms with E-state index in [0.29, 0.717) is 17.4 Å². The van der Waals surface area contributed by atoms with Gasteiger partial charge in [0.05, 0.1) is 19.3 Å². The lowest BCUT2D eigenvalue weighted by atomic mass is 9.90. The molecule has 0 bridgehead atoms. The second kappa shape index (κ2) is 5.25. The topological polar surface area (TPSA) is 38.7 Å². The third-order valence-electron chi connectivity index (χ3n) is 3.35. The van der Waals surface area contributed by atoms with E-state index in [1.807, 2.05) is 6.92 Å². The quantitative estimate of drug-likeness (QED) is 0.904. The fourth-order valence-electron chi connectivity index (χ4n) is 2.33. The van der Waals surface area contributed by atoms with Crippen LogP contribution in [0.5, 0.6) is 5.75 Å². The molecular formula is C13H17ClO3. The van der Waals surface area contributed by atoms with Gasteiger partial charge in [-0.25, -0.2) is 0 Å². The Morgan fingerprint density at radius 2 is 2.29 bits per heavy atom. The number of hydrogen-bond acceptors (Lipinski definition) is 3. The van der Waals surface area contributed by atoms with Crippen LogP contribution in [0.25, 0.3) is 0 Å². The van der Waals surface area contributed by atoms with Crippen molar-refractivity contribution in [1.82, 2.24) is 0 Å². The lowest BCUT2D eigenvalue weighted by molar-refractivity contribution is 0.0420. The van der Waals surface area contributed by atoms with Crippen molar-refractivity contribution in [1.29, 1.82) is 0 Å². The third-order valence-corrected chi connectivity index (χ3v) is 3.59. The van der Waals surface area contributed by atoms with E-state index in [2.05, 4.69) is 0 Å². The predicted octanol–water partition coefficient (Wildman–Crippen LogP) is 2.81. The number of aliphatic hydroxyl groups is 1. The first-order valence-corrected chi connectivity index (χ1v) is 6.14. The number of benzene rings is 1. The Morgan fingerprint density at radius 1 is 1.53 bits per heavy atom. The van der Waals surface area contributed by atoms with E-state index in [0.717, 1.165) is 12.0 Å². The molecule has 1 saturated heterocycles. The predicted molar refractivity (Wildman–Crippen MR) is 66.5 cm³/mol. The maximum Gasteiger partial charge on any atom is 0.124 e. The smallest absolute Gasteiger partial charge is 0.124 e. The molecule has 1 fully saturated rings. The van der Waals surface area contributed by atoms with Crippen LogP contribution < -0.4 is 4.74 Å². The second-order valence-corrected chi connectivity index (χ2v) is 4.80. The SMILES string of the molecule is COc1ccc(Cl)cc1C(O)C1CCOC1C. The van der Waals surface area contributed by atoms with E-state index in [4.69, 9.17) is 21.1 Å². The largest absolute Gasteiger partial charge is 0.496 e. The van der Waals surface area contributed by atoms with Crippen molar-refractivity contribution in [3.63, 3.8) is 0 Å². The first kappa shape index (κ1) is 12.7. The number of hydrogen-bond donors (Lipinski definition) is 1. The van der Waals surface area contributed by atoms with Crippen molar-refractivity contribution >= 4 is 11.6 Å². The van der Waals surface area contributed by atoms with Gasteiger partial charge >= 0.3 is 0 Å². The molecule has 1 aromatic carbocycles. The van der Waals surface area contributed by atoms with E-state index in [1.165, 1.54) is 0 Å². The van der Waals surface area contributed by atoms with Crippen molar-refractivity contribution in [2.24, 2.45) is 5.92 Å². The van der Waals surface area contributed by atoms with Crippen LogP contribution in [-0.2, 0) is 4.74 Å². The average Bonchev–Trinajstić information content (AvgIpc) is 2.74. The van der Waals surface area contributed by atoms with E-state index < -0.39 is 6.10 Å². The standard InChI is InChI=1S/C13H17ClO3/c1-8-10(5-6-17-8)13(15)11-7-9(14)3-4-12(11)16-2/h3-4,7-8,10,13,15H,5-6H2,1-2H3. The van der Waals surface area contributed by atoms with Gasteiger partial charge in [0, 0.05) is 23.1 Å². The molecule has 0 amide bonds. The summed E-state index contributed by atoms with van der Waals surface area (Å²) in [5.41, 5.74) is 0.738. The zero-order valence-corrected chi connectivity index (χ0v) is 10.8. The Bertz CT molecular complexity index is 394. The molecule has 3 atom stereocenters. The molecule has 2 rings (SSSR count). The van der Waals surface area contributed by atoms with Crippen molar-refractivity contribution in [2.75, 3.05) is 13.7 Å². The van der Waals surface area contributed by atoms with Crippen LogP contribution >= 0.6 is 11.6 Å². The summed E-state index contributed by atoms with van der Waals surface area (Å²) in [5, 5.41) is 11.0. The molecule has 94 valence electrons. The van der Waals surface area contributed by atoms with E-state index >= 15 is 0 Å². The molecule has 1 aliphatic rings. The first-order chi connectivity index (χ1) is 8.13.